The van der Waals surface area contributed by atoms with Crippen LogP contribution in [0.5, 0.6) is 0 Å². The first-order valence-electron chi connectivity index (χ1n) is 7.07. The lowest BCUT2D eigenvalue weighted by molar-refractivity contribution is 0.0314. The van der Waals surface area contributed by atoms with Gasteiger partial charge in [-0.1, -0.05) is 19.9 Å². The van der Waals surface area contributed by atoms with Crippen LogP contribution in [0.3, 0.4) is 0 Å². The maximum Gasteiger partial charge on any atom is 0.255 e. The lowest BCUT2D eigenvalue weighted by Gasteiger charge is -2.25. The summed E-state index contributed by atoms with van der Waals surface area (Å²) in [6, 6.07) is 3.88. The van der Waals surface area contributed by atoms with Gasteiger partial charge in [-0.25, -0.2) is 0 Å². The molecule has 6 heteroatoms. The van der Waals surface area contributed by atoms with Gasteiger partial charge in [-0.05, 0) is 24.3 Å². The molecule has 0 radical (unpaired) electrons. The predicted molar refractivity (Wildman–Crippen MR) is 84.4 cm³/mol. The van der Waals surface area contributed by atoms with Gasteiger partial charge in [0.15, 0.2) is 0 Å². The molecular weight excluding hydrogens is 286 g/mol. The van der Waals surface area contributed by atoms with Gasteiger partial charge in [-0.15, -0.1) is 11.3 Å². The van der Waals surface area contributed by atoms with Crippen molar-refractivity contribution in [3.05, 3.63) is 29.3 Å². The molecule has 5 nitrogen and oxygen atoms in total. The summed E-state index contributed by atoms with van der Waals surface area (Å²) < 4.78 is 1.63. The molecular formula is C15H21N3O2S. The third-order valence-corrected chi connectivity index (χ3v) is 4.60. The number of carbonyl (C=O) groups excluding carboxylic acids is 1. The Labute approximate surface area is 128 Å². The zero-order valence-electron chi connectivity index (χ0n) is 12.6. The molecule has 114 valence electrons. The van der Waals surface area contributed by atoms with Gasteiger partial charge in [0.05, 0.1) is 16.0 Å². The average Bonchev–Trinajstić information content (AvgIpc) is 3.13. The number of aryl methyl sites for hydroxylation is 1. The van der Waals surface area contributed by atoms with Crippen LogP contribution in [0.1, 0.15) is 37.0 Å². The van der Waals surface area contributed by atoms with Crippen molar-refractivity contribution in [2.45, 2.75) is 32.3 Å². The van der Waals surface area contributed by atoms with E-state index in [-0.39, 0.29) is 12.5 Å². The summed E-state index contributed by atoms with van der Waals surface area (Å²) in [5.74, 6) is -0.202. The number of aliphatic hydroxyl groups is 1. The smallest absolute Gasteiger partial charge is 0.255 e. The Morgan fingerprint density at radius 3 is 2.76 bits per heavy atom. The van der Waals surface area contributed by atoms with Crippen molar-refractivity contribution in [1.82, 2.24) is 15.1 Å². The molecule has 0 aliphatic heterocycles. The zero-order valence-corrected chi connectivity index (χ0v) is 13.4. The van der Waals surface area contributed by atoms with Crippen molar-refractivity contribution >= 4 is 17.2 Å². The van der Waals surface area contributed by atoms with E-state index in [0.717, 1.165) is 4.88 Å². The van der Waals surface area contributed by atoms with Crippen LogP contribution in [0.4, 0.5) is 0 Å². The fourth-order valence-corrected chi connectivity index (χ4v) is 2.81. The van der Waals surface area contributed by atoms with Crippen LogP contribution in [0.2, 0.25) is 0 Å². The van der Waals surface area contributed by atoms with E-state index >= 15 is 0 Å². The van der Waals surface area contributed by atoms with Crippen molar-refractivity contribution in [2.24, 2.45) is 7.05 Å². The van der Waals surface area contributed by atoms with Crippen molar-refractivity contribution in [2.75, 3.05) is 6.54 Å². The fraction of sp³-hybridized carbons (Fsp3) is 0.467. The lowest BCUT2D eigenvalue weighted by atomic mass is 9.97. The highest BCUT2D eigenvalue weighted by Crippen LogP contribution is 2.26. The van der Waals surface area contributed by atoms with Gasteiger partial charge < -0.3 is 10.4 Å². The zero-order chi connectivity index (χ0) is 15.5. The van der Waals surface area contributed by atoms with Crippen molar-refractivity contribution in [3.63, 3.8) is 0 Å². The molecule has 1 amide bonds. The van der Waals surface area contributed by atoms with E-state index in [4.69, 9.17) is 0 Å². The van der Waals surface area contributed by atoms with E-state index < -0.39 is 5.60 Å². The summed E-state index contributed by atoms with van der Waals surface area (Å²) in [5.41, 5.74) is 0.372. The molecule has 21 heavy (non-hydrogen) atoms. The molecule has 0 saturated heterocycles. The minimum absolute atomic E-state index is 0.202. The van der Waals surface area contributed by atoms with E-state index in [1.165, 1.54) is 0 Å². The largest absolute Gasteiger partial charge is 0.388 e. The first-order chi connectivity index (χ1) is 9.99. The van der Waals surface area contributed by atoms with E-state index in [1.54, 1.807) is 29.3 Å². The minimum atomic E-state index is -0.846. The first kappa shape index (κ1) is 15.7. The summed E-state index contributed by atoms with van der Waals surface area (Å²) in [4.78, 5) is 13.3. The van der Waals surface area contributed by atoms with Crippen molar-refractivity contribution in [3.8, 4) is 10.6 Å². The van der Waals surface area contributed by atoms with Gasteiger partial charge >= 0.3 is 0 Å². The third kappa shape index (κ3) is 3.51. The molecule has 0 fully saturated rings. The van der Waals surface area contributed by atoms with Crippen LogP contribution in [-0.2, 0) is 7.05 Å². The molecule has 2 N–H and O–H groups in total. The van der Waals surface area contributed by atoms with Gasteiger partial charge in [0.2, 0.25) is 0 Å². The average molecular weight is 307 g/mol. The molecule has 0 aliphatic rings. The Bertz CT molecular complexity index is 600. The Balaban J connectivity index is 2.17. The highest BCUT2D eigenvalue weighted by atomic mass is 32.1. The number of amides is 1. The second-order valence-electron chi connectivity index (χ2n) is 5.16. The fourth-order valence-electron chi connectivity index (χ4n) is 2.09. The number of carbonyl (C=O) groups is 1. The molecule has 0 bridgehead atoms. The SMILES string of the molecule is CCC(O)(CC)CNC(=O)c1cn(C)nc1-c1cccs1. The maximum absolute atomic E-state index is 12.4. The van der Waals surface area contributed by atoms with Gasteiger partial charge in [-0.2, -0.15) is 5.10 Å². The Kier molecular flexibility index (Phi) is 4.80. The summed E-state index contributed by atoms with van der Waals surface area (Å²) >= 11 is 1.55. The predicted octanol–water partition coefficient (Wildman–Crippen LogP) is 2.43. The van der Waals surface area contributed by atoms with Crippen molar-refractivity contribution < 1.29 is 9.90 Å². The van der Waals surface area contributed by atoms with Crippen LogP contribution >= 0.6 is 11.3 Å². The summed E-state index contributed by atoms with van der Waals surface area (Å²) in [7, 11) is 1.79. The standard InChI is InChI=1S/C15H21N3O2S/c1-4-15(20,5-2)10-16-14(19)11-9-18(3)17-13(11)12-7-6-8-21-12/h6-9,20H,4-5,10H2,1-3H3,(H,16,19). The lowest BCUT2D eigenvalue weighted by Crippen LogP contribution is -2.42. The molecule has 2 aromatic heterocycles. The molecule has 0 spiro atoms. The molecule has 2 rings (SSSR count). The monoisotopic (exact) mass is 307 g/mol. The maximum atomic E-state index is 12.4. The van der Waals surface area contributed by atoms with Gasteiger partial charge in [-0.3, -0.25) is 9.48 Å². The highest BCUT2D eigenvalue weighted by Gasteiger charge is 2.24. The van der Waals surface area contributed by atoms with Crippen LogP contribution in [-0.4, -0.2) is 32.9 Å². The summed E-state index contributed by atoms with van der Waals surface area (Å²) in [6.07, 6.45) is 2.92. The van der Waals surface area contributed by atoms with E-state index in [9.17, 15) is 9.90 Å². The Morgan fingerprint density at radius 2 is 2.19 bits per heavy atom. The number of thiophene rings is 1. The van der Waals surface area contributed by atoms with Gasteiger partial charge in [0.25, 0.3) is 5.91 Å². The third-order valence-electron chi connectivity index (χ3n) is 3.72. The van der Waals surface area contributed by atoms with Gasteiger partial charge in [0, 0.05) is 19.8 Å². The van der Waals surface area contributed by atoms with Crippen LogP contribution in [0.25, 0.3) is 10.6 Å². The molecule has 0 aliphatic carbocycles. The quantitative estimate of drug-likeness (QED) is 0.861. The molecule has 2 heterocycles. The number of nitrogens with one attached hydrogen (secondary N) is 1. The van der Waals surface area contributed by atoms with E-state index in [0.29, 0.717) is 24.1 Å². The number of hydrogen-bond acceptors (Lipinski definition) is 4. The molecule has 0 aromatic carbocycles. The molecule has 0 unspecified atom stereocenters. The van der Waals surface area contributed by atoms with Crippen LogP contribution in [0.15, 0.2) is 23.7 Å². The van der Waals surface area contributed by atoms with E-state index in [2.05, 4.69) is 10.4 Å². The first-order valence-corrected chi connectivity index (χ1v) is 7.95. The second-order valence-corrected chi connectivity index (χ2v) is 6.10. The number of aromatic nitrogens is 2. The van der Waals surface area contributed by atoms with Crippen LogP contribution in [0, 0.1) is 0 Å². The summed E-state index contributed by atoms with van der Waals surface area (Å²) in [6.45, 7) is 4.07. The summed E-state index contributed by atoms with van der Waals surface area (Å²) in [5, 5.41) is 19.4. The number of hydrogen-bond donors (Lipinski definition) is 2. The Hall–Kier alpha value is -1.66. The highest BCUT2D eigenvalue weighted by molar-refractivity contribution is 7.13. The topological polar surface area (TPSA) is 67.2 Å². The molecule has 0 saturated carbocycles. The Morgan fingerprint density at radius 1 is 1.48 bits per heavy atom. The van der Waals surface area contributed by atoms with Crippen LogP contribution < -0.4 is 5.32 Å². The number of nitrogens with zero attached hydrogens (tertiary/aromatic N) is 2. The molecule has 2 aromatic rings. The normalized spacial score (nSPS) is 11.6. The van der Waals surface area contributed by atoms with Gasteiger partial charge in [0.1, 0.15) is 5.69 Å². The number of rotatable bonds is 6. The minimum Gasteiger partial charge on any atom is -0.388 e. The van der Waals surface area contributed by atoms with E-state index in [1.807, 2.05) is 31.4 Å². The van der Waals surface area contributed by atoms with Crippen molar-refractivity contribution in [1.29, 1.82) is 0 Å². The molecule has 0 atom stereocenters. The second kappa shape index (κ2) is 6.41.